The van der Waals surface area contributed by atoms with Gasteiger partial charge in [0.25, 0.3) is 5.91 Å². The topological polar surface area (TPSA) is 94.5 Å². The number of ether oxygens (including phenoxy) is 4. The van der Waals surface area contributed by atoms with Gasteiger partial charge in [0, 0.05) is 29.2 Å². The highest BCUT2D eigenvalue weighted by Crippen LogP contribution is 2.35. The van der Waals surface area contributed by atoms with Crippen LogP contribution in [0.15, 0.2) is 65.1 Å². The zero-order valence-electron chi connectivity index (χ0n) is 19.6. The molecule has 0 aliphatic rings. The van der Waals surface area contributed by atoms with Crippen LogP contribution in [0.25, 0.3) is 0 Å². The molecule has 0 bridgehead atoms. The van der Waals surface area contributed by atoms with Crippen LogP contribution in [-0.4, -0.2) is 49.8 Å². The highest BCUT2D eigenvalue weighted by molar-refractivity contribution is 9.10. The quantitative estimate of drug-likeness (QED) is 0.371. The van der Waals surface area contributed by atoms with E-state index in [1.807, 2.05) is 36.4 Å². The van der Waals surface area contributed by atoms with Gasteiger partial charge in [0.15, 0.2) is 18.1 Å². The Morgan fingerprint density at radius 1 is 0.886 bits per heavy atom. The molecular weight excluding hydrogens is 518 g/mol. The number of carbonyl (C=O) groups excluding carboxylic acids is 1. The second-order valence-corrected chi connectivity index (χ2v) is 8.41. The number of benzene rings is 3. The molecule has 35 heavy (non-hydrogen) atoms. The molecule has 0 aliphatic carbocycles. The number of carboxylic acids is 1. The van der Waals surface area contributed by atoms with Crippen LogP contribution in [0, 0.1) is 0 Å². The molecule has 0 fully saturated rings. The van der Waals surface area contributed by atoms with E-state index in [2.05, 4.69) is 15.9 Å². The monoisotopic (exact) mass is 543 g/mol. The first-order chi connectivity index (χ1) is 16.9. The summed E-state index contributed by atoms with van der Waals surface area (Å²) in [5, 5.41) is 9.60. The van der Waals surface area contributed by atoms with Crippen LogP contribution in [0.1, 0.15) is 21.5 Å². The fraction of sp³-hybridized carbons (Fsp3) is 0.231. The molecule has 0 spiro atoms. The largest absolute Gasteiger partial charge is 0.497 e. The van der Waals surface area contributed by atoms with E-state index < -0.39 is 5.97 Å². The second-order valence-electron chi connectivity index (χ2n) is 7.49. The molecule has 0 heterocycles. The van der Waals surface area contributed by atoms with Gasteiger partial charge in [-0.15, -0.1) is 0 Å². The van der Waals surface area contributed by atoms with Crippen molar-refractivity contribution in [1.82, 2.24) is 4.90 Å². The van der Waals surface area contributed by atoms with Gasteiger partial charge in [-0.2, -0.15) is 0 Å². The minimum absolute atomic E-state index is 0.0155. The summed E-state index contributed by atoms with van der Waals surface area (Å²) >= 11 is 3.26. The summed E-state index contributed by atoms with van der Waals surface area (Å²) in [6.45, 7) is 0.179. The number of methoxy groups -OCH3 is 3. The molecule has 9 heteroatoms. The molecule has 0 radical (unpaired) electrons. The Kier molecular flexibility index (Phi) is 8.97. The molecule has 0 atom stereocenters. The molecule has 3 aromatic rings. The number of carbonyl (C=O) groups is 2. The van der Waals surface area contributed by atoms with Gasteiger partial charge in [0.1, 0.15) is 17.1 Å². The van der Waals surface area contributed by atoms with Crippen LogP contribution in [0.3, 0.4) is 0 Å². The van der Waals surface area contributed by atoms with Crippen molar-refractivity contribution in [1.29, 1.82) is 0 Å². The van der Waals surface area contributed by atoms with E-state index in [0.29, 0.717) is 22.5 Å². The van der Waals surface area contributed by atoms with Crippen LogP contribution in [0.2, 0.25) is 0 Å². The summed E-state index contributed by atoms with van der Waals surface area (Å²) in [5.74, 6) is -0.129. The molecule has 3 rings (SSSR count). The number of nitrogens with zero attached hydrogens (tertiary/aromatic N) is 1. The van der Waals surface area contributed by atoms with Crippen molar-refractivity contribution in [2.24, 2.45) is 0 Å². The Labute approximate surface area is 212 Å². The maximum atomic E-state index is 13.3. The van der Waals surface area contributed by atoms with E-state index >= 15 is 0 Å². The highest BCUT2D eigenvalue weighted by Gasteiger charge is 2.22. The van der Waals surface area contributed by atoms with Gasteiger partial charge in [-0.3, -0.25) is 4.79 Å². The first-order valence-electron chi connectivity index (χ1n) is 10.6. The Morgan fingerprint density at radius 3 is 2.23 bits per heavy atom. The first kappa shape index (κ1) is 25.9. The predicted octanol–water partition coefficient (Wildman–Crippen LogP) is 4.78. The highest BCUT2D eigenvalue weighted by atomic mass is 79.9. The zero-order chi connectivity index (χ0) is 25.4. The minimum atomic E-state index is -1.20. The molecule has 1 N–H and O–H groups in total. The third-order valence-electron chi connectivity index (χ3n) is 5.23. The third-order valence-corrected chi connectivity index (χ3v) is 5.69. The van der Waals surface area contributed by atoms with Crippen LogP contribution >= 0.6 is 15.9 Å². The third kappa shape index (κ3) is 6.66. The van der Waals surface area contributed by atoms with Gasteiger partial charge in [-0.05, 0) is 29.8 Å². The molecule has 0 unspecified atom stereocenters. The Bertz CT molecular complexity index is 1180. The number of halogens is 1. The molecule has 3 aromatic carbocycles. The molecule has 0 saturated carbocycles. The summed E-state index contributed by atoms with van der Waals surface area (Å²) < 4.78 is 22.3. The summed E-state index contributed by atoms with van der Waals surface area (Å²) in [6, 6.07) is 17.9. The van der Waals surface area contributed by atoms with Crippen molar-refractivity contribution in [3.8, 4) is 23.0 Å². The van der Waals surface area contributed by atoms with Crippen LogP contribution < -0.4 is 18.9 Å². The average molecular weight is 544 g/mol. The molecule has 8 nitrogen and oxygen atoms in total. The lowest BCUT2D eigenvalue weighted by Gasteiger charge is -2.25. The fourth-order valence-corrected chi connectivity index (χ4v) is 3.91. The van der Waals surface area contributed by atoms with Crippen molar-refractivity contribution in [2.45, 2.75) is 13.1 Å². The van der Waals surface area contributed by atoms with Crippen molar-refractivity contribution in [3.05, 3.63) is 81.8 Å². The van der Waals surface area contributed by atoms with E-state index in [9.17, 15) is 14.7 Å². The number of rotatable bonds is 11. The molecule has 184 valence electrons. The fourth-order valence-electron chi connectivity index (χ4n) is 3.48. The summed E-state index contributed by atoms with van der Waals surface area (Å²) in [6.07, 6.45) is 0. The lowest BCUT2D eigenvalue weighted by Crippen LogP contribution is -2.34. The standard InChI is InChI=1S/C26H26BrNO7/c1-32-20-10-9-18(22(13-20)33-2)15-28(14-17-7-5-4-6-8-17)24(29)16-35-25-21(26(30)31)11-19(27)12-23(25)34-3/h4-13H,14-16H2,1-3H3,(H,30,31). The lowest BCUT2D eigenvalue weighted by atomic mass is 10.1. The van der Waals surface area contributed by atoms with Gasteiger partial charge in [0.05, 0.1) is 21.3 Å². The molecule has 1 amide bonds. The van der Waals surface area contributed by atoms with Gasteiger partial charge in [-0.1, -0.05) is 46.3 Å². The summed E-state index contributed by atoms with van der Waals surface area (Å²) in [4.78, 5) is 26.7. The number of hydrogen-bond acceptors (Lipinski definition) is 6. The molecular formula is C26H26BrNO7. The molecule has 0 aliphatic heterocycles. The number of carboxylic acid groups (broad SMARTS) is 1. The SMILES string of the molecule is COc1ccc(CN(Cc2ccccc2)C(=O)COc2c(OC)cc(Br)cc2C(=O)O)c(OC)c1. The molecule has 0 saturated heterocycles. The van der Waals surface area contributed by atoms with Crippen molar-refractivity contribution >= 4 is 27.8 Å². The smallest absolute Gasteiger partial charge is 0.339 e. The van der Waals surface area contributed by atoms with Crippen molar-refractivity contribution < 1.29 is 33.6 Å². The maximum absolute atomic E-state index is 13.3. The number of hydrogen-bond donors (Lipinski definition) is 1. The van der Waals surface area contributed by atoms with Crippen LogP contribution in [-0.2, 0) is 17.9 Å². The van der Waals surface area contributed by atoms with Crippen LogP contribution in [0.4, 0.5) is 0 Å². The van der Waals surface area contributed by atoms with Crippen LogP contribution in [0.5, 0.6) is 23.0 Å². The Balaban J connectivity index is 1.88. The first-order valence-corrected chi connectivity index (χ1v) is 11.4. The van der Waals surface area contributed by atoms with E-state index in [1.54, 1.807) is 37.3 Å². The van der Waals surface area contributed by atoms with Crippen molar-refractivity contribution in [2.75, 3.05) is 27.9 Å². The summed E-state index contributed by atoms with van der Waals surface area (Å²) in [5.41, 5.74) is 1.60. The van der Waals surface area contributed by atoms with Gasteiger partial charge < -0.3 is 29.0 Å². The Morgan fingerprint density at radius 2 is 1.60 bits per heavy atom. The van der Waals surface area contributed by atoms with Gasteiger partial charge >= 0.3 is 5.97 Å². The van der Waals surface area contributed by atoms with E-state index in [4.69, 9.17) is 18.9 Å². The predicted molar refractivity (Wildman–Crippen MR) is 133 cm³/mol. The van der Waals surface area contributed by atoms with E-state index in [-0.39, 0.29) is 36.1 Å². The second kappa shape index (κ2) is 12.1. The zero-order valence-corrected chi connectivity index (χ0v) is 21.2. The van der Waals surface area contributed by atoms with E-state index in [0.717, 1.165) is 11.1 Å². The lowest BCUT2D eigenvalue weighted by molar-refractivity contribution is -0.134. The van der Waals surface area contributed by atoms with E-state index in [1.165, 1.54) is 13.2 Å². The van der Waals surface area contributed by atoms with Crippen molar-refractivity contribution in [3.63, 3.8) is 0 Å². The Hall–Kier alpha value is -3.72. The molecule has 0 aromatic heterocycles. The summed E-state index contributed by atoms with van der Waals surface area (Å²) in [7, 11) is 4.52. The average Bonchev–Trinajstić information content (AvgIpc) is 2.87. The minimum Gasteiger partial charge on any atom is -0.497 e. The maximum Gasteiger partial charge on any atom is 0.339 e. The number of aromatic carboxylic acids is 1. The van der Waals surface area contributed by atoms with Gasteiger partial charge in [-0.25, -0.2) is 4.79 Å². The van der Waals surface area contributed by atoms with Gasteiger partial charge in [0.2, 0.25) is 0 Å². The number of amides is 1. The normalized spacial score (nSPS) is 10.4.